The van der Waals surface area contributed by atoms with Crippen molar-refractivity contribution in [3.63, 3.8) is 0 Å². The summed E-state index contributed by atoms with van der Waals surface area (Å²) in [5.74, 6) is 1.62. The Balaban J connectivity index is 1.99. The topological polar surface area (TPSA) is 106 Å². The fourth-order valence-corrected chi connectivity index (χ4v) is 3.29. The van der Waals surface area contributed by atoms with Crippen molar-refractivity contribution in [2.24, 2.45) is 0 Å². The summed E-state index contributed by atoms with van der Waals surface area (Å²) in [6, 6.07) is 8.61. The van der Waals surface area contributed by atoms with Crippen molar-refractivity contribution >= 4 is 15.7 Å². The second-order valence-corrected chi connectivity index (χ2v) is 7.93. The highest BCUT2D eigenvalue weighted by Crippen LogP contribution is 2.38. The summed E-state index contributed by atoms with van der Waals surface area (Å²) in [5.41, 5.74) is 2.03. The fourth-order valence-electron chi connectivity index (χ4n) is 2.72. The second-order valence-electron chi connectivity index (χ2n) is 6.19. The first-order valence-electron chi connectivity index (χ1n) is 8.56. The van der Waals surface area contributed by atoms with E-state index in [9.17, 15) is 13.5 Å². The summed E-state index contributed by atoms with van der Waals surface area (Å²) in [4.78, 5) is 0. The minimum absolute atomic E-state index is 0.112. The summed E-state index contributed by atoms with van der Waals surface area (Å²) in [6.45, 7) is 1.24. The van der Waals surface area contributed by atoms with Gasteiger partial charge in [0.2, 0.25) is 15.8 Å². The van der Waals surface area contributed by atoms with E-state index in [0.717, 1.165) is 17.4 Å². The lowest BCUT2D eigenvalue weighted by Gasteiger charge is -2.14. The van der Waals surface area contributed by atoms with E-state index in [1.165, 1.54) is 6.07 Å². The van der Waals surface area contributed by atoms with Gasteiger partial charge in [-0.05, 0) is 48.4 Å². The van der Waals surface area contributed by atoms with Gasteiger partial charge in [0.15, 0.2) is 11.5 Å². The van der Waals surface area contributed by atoms with Gasteiger partial charge in [-0.25, -0.2) is 8.42 Å². The first-order chi connectivity index (χ1) is 13.3. The van der Waals surface area contributed by atoms with Crippen LogP contribution in [0, 0.1) is 0 Å². The molecule has 0 spiro atoms. The third kappa shape index (κ3) is 5.93. The third-order valence-corrected chi connectivity index (χ3v) is 4.59. The van der Waals surface area contributed by atoms with E-state index in [2.05, 4.69) is 10.0 Å². The minimum atomic E-state index is -3.46. The number of benzene rings is 2. The molecule has 2 aromatic rings. The summed E-state index contributed by atoms with van der Waals surface area (Å²) in [5, 5.41) is 13.1. The Labute approximate surface area is 165 Å². The highest BCUT2D eigenvalue weighted by molar-refractivity contribution is 7.92. The lowest BCUT2D eigenvalue weighted by Crippen LogP contribution is -2.17. The molecular weight excluding hydrogens is 384 g/mol. The van der Waals surface area contributed by atoms with E-state index >= 15 is 0 Å². The van der Waals surface area contributed by atoms with Gasteiger partial charge in [-0.15, -0.1) is 0 Å². The lowest BCUT2D eigenvalue weighted by molar-refractivity contribution is 0.323. The first kappa shape index (κ1) is 21.6. The minimum Gasteiger partial charge on any atom is -0.506 e. The van der Waals surface area contributed by atoms with Gasteiger partial charge >= 0.3 is 0 Å². The van der Waals surface area contributed by atoms with E-state index in [1.54, 1.807) is 33.5 Å². The Bertz CT molecular complexity index is 890. The number of phenols is 1. The van der Waals surface area contributed by atoms with Crippen LogP contribution in [0.5, 0.6) is 23.0 Å². The number of hydrogen-bond donors (Lipinski definition) is 3. The van der Waals surface area contributed by atoms with Crippen LogP contribution >= 0.6 is 0 Å². The molecule has 0 bridgehead atoms. The lowest BCUT2D eigenvalue weighted by atomic mass is 10.1. The van der Waals surface area contributed by atoms with Crippen LogP contribution in [0.1, 0.15) is 11.1 Å². The molecular formula is C19H26N2O6S. The average Bonchev–Trinajstić information content (AvgIpc) is 2.65. The SMILES string of the molecule is COc1cc(CNCCc2ccc(O)c(NS(C)(=O)=O)c2)cc(OC)c1OC. The van der Waals surface area contributed by atoms with Gasteiger partial charge in [0.25, 0.3) is 0 Å². The van der Waals surface area contributed by atoms with Crippen LogP contribution in [0.3, 0.4) is 0 Å². The zero-order valence-corrected chi connectivity index (χ0v) is 17.2. The van der Waals surface area contributed by atoms with E-state index in [1.807, 2.05) is 12.1 Å². The smallest absolute Gasteiger partial charge is 0.229 e. The van der Waals surface area contributed by atoms with Crippen molar-refractivity contribution in [1.29, 1.82) is 0 Å². The number of phenolic OH excluding ortho intramolecular Hbond substituents is 1. The van der Waals surface area contributed by atoms with Gasteiger partial charge in [-0.1, -0.05) is 6.07 Å². The molecule has 0 saturated heterocycles. The van der Waals surface area contributed by atoms with Crippen molar-refractivity contribution in [3.8, 4) is 23.0 Å². The molecule has 0 aliphatic carbocycles. The Morgan fingerprint density at radius 2 is 1.61 bits per heavy atom. The quantitative estimate of drug-likeness (QED) is 0.407. The van der Waals surface area contributed by atoms with Crippen LogP contribution in [0.4, 0.5) is 5.69 Å². The van der Waals surface area contributed by atoms with E-state index in [4.69, 9.17) is 14.2 Å². The largest absolute Gasteiger partial charge is 0.506 e. The Morgan fingerprint density at radius 1 is 0.964 bits per heavy atom. The van der Waals surface area contributed by atoms with Gasteiger partial charge in [0.05, 0.1) is 33.3 Å². The summed E-state index contributed by atoms with van der Waals surface area (Å²) >= 11 is 0. The molecule has 0 aromatic heterocycles. The first-order valence-corrected chi connectivity index (χ1v) is 10.5. The van der Waals surface area contributed by atoms with E-state index in [0.29, 0.717) is 36.8 Å². The number of ether oxygens (including phenoxy) is 3. The summed E-state index contributed by atoms with van der Waals surface area (Å²) in [6.07, 6.45) is 1.70. The number of nitrogens with one attached hydrogen (secondary N) is 2. The molecule has 2 rings (SSSR count). The molecule has 0 fully saturated rings. The molecule has 0 saturated carbocycles. The molecule has 8 nitrogen and oxygen atoms in total. The maximum Gasteiger partial charge on any atom is 0.229 e. The Morgan fingerprint density at radius 3 is 2.14 bits per heavy atom. The molecule has 0 amide bonds. The number of methoxy groups -OCH3 is 3. The van der Waals surface area contributed by atoms with Crippen molar-refractivity contribution in [2.45, 2.75) is 13.0 Å². The summed E-state index contributed by atoms with van der Waals surface area (Å²) in [7, 11) is 1.24. The average molecular weight is 410 g/mol. The standard InChI is InChI=1S/C19H26N2O6S/c1-25-17-10-14(11-18(26-2)19(17)27-3)12-20-8-7-13-5-6-16(22)15(9-13)21-28(4,23)24/h5-6,9-11,20-22H,7-8,12H2,1-4H3. The van der Waals surface area contributed by atoms with Crippen molar-refractivity contribution in [1.82, 2.24) is 5.32 Å². The van der Waals surface area contributed by atoms with Crippen LogP contribution in [0.25, 0.3) is 0 Å². The van der Waals surface area contributed by atoms with Gasteiger partial charge in [-0.3, -0.25) is 4.72 Å². The van der Waals surface area contributed by atoms with Gasteiger partial charge < -0.3 is 24.6 Å². The molecule has 0 atom stereocenters. The zero-order chi connectivity index (χ0) is 20.7. The maximum absolute atomic E-state index is 11.4. The number of sulfonamides is 1. The van der Waals surface area contributed by atoms with Gasteiger partial charge in [0, 0.05) is 6.54 Å². The van der Waals surface area contributed by atoms with E-state index < -0.39 is 10.0 Å². The fraction of sp³-hybridized carbons (Fsp3) is 0.368. The molecule has 0 unspecified atom stereocenters. The molecule has 0 aliphatic rings. The van der Waals surface area contributed by atoms with Crippen molar-refractivity contribution in [3.05, 3.63) is 41.5 Å². The molecule has 9 heteroatoms. The van der Waals surface area contributed by atoms with Crippen LogP contribution in [-0.4, -0.2) is 47.7 Å². The van der Waals surface area contributed by atoms with Crippen molar-refractivity contribution in [2.75, 3.05) is 38.9 Å². The van der Waals surface area contributed by atoms with Crippen molar-refractivity contribution < 1.29 is 27.7 Å². The number of aromatic hydroxyl groups is 1. The predicted molar refractivity (Wildman–Crippen MR) is 108 cm³/mol. The molecule has 3 N–H and O–H groups in total. The number of hydrogen-bond acceptors (Lipinski definition) is 7. The summed E-state index contributed by atoms with van der Waals surface area (Å²) < 4.78 is 41.0. The van der Waals surface area contributed by atoms with E-state index in [-0.39, 0.29) is 11.4 Å². The highest BCUT2D eigenvalue weighted by Gasteiger charge is 2.13. The molecule has 154 valence electrons. The maximum atomic E-state index is 11.4. The molecule has 0 heterocycles. The molecule has 0 aliphatic heterocycles. The van der Waals surface area contributed by atoms with Crippen LogP contribution < -0.4 is 24.2 Å². The molecule has 28 heavy (non-hydrogen) atoms. The van der Waals surface area contributed by atoms with Gasteiger partial charge in [-0.2, -0.15) is 0 Å². The normalized spacial score (nSPS) is 11.1. The molecule has 2 aromatic carbocycles. The second kappa shape index (κ2) is 9.52. The zero-order valence-electron chi connectivity index (χ0n) is 16.4. The van der Waals surface area contributed by atoms with Crippen LogP contribution in [-0.2, 0) is 23.0 Å². The molecule has 0 radical (unpaired) electrons. The van der Waals surface area contributed by atoms with Crippen LogP contribution in [0.15, 0.2) is 30.3 Å². The number of anilines is 1. The highest BCUT2D eigenvalue weighted by atomic mass is 32.2. The third-order valence-electron chi connectivity index (χ3n) is 4.00. The van der Waals surface area contributed by atoms with Gasteiger partial charge in [0.1, 0.15) is 5.75 Å². The van der Waals surface area contributed by atoms with Crippen LogP contribution in [0.2, 0.25) is 0 Å². The Kier molecular flexibility index (Phi) is 7.36. The predicted octanol–water partition coefficient (Wildman–Crippen LogP) is 2.12. The Hall–Kier alpha value is -2.65. The monoisotopic (exact) mass is 410 g/mol. The number of rotatable bonds is 10.